The number of unbranched alkanes of at least 4 members (excludes halogenated alkanes) is 12. The molecule has 0 aromatic carbocycles. The van der Waals surface area contributed by atoms with Crippen molar-refractivity contribution in [2.24, 2.45) is 0 Å². The topological polar surface area (TPSA) is 47.1 Å². The zero-order chi connectivity index (χ0) is 17.6. The summed E-state index contributed by atoms with van der Waals surface area (Å²) in [5.41, 5.74) is 1.93. The van der Waals surface area contributed by atoms with E-state index < -0.39 is 0 Å². The highest BCUT2D eigenvalue weighted by molar-refractivity contribution is 4.81. The van der Waals surface area contributed by atoms with Gasteiger partial charge in [-0.1, -0.05) is 76.9 Å². The van der Waals surface area contributed by atoms with Gasteiger partial charge in [-0.05, 0) is 58.2 Å². The molecular formula is C21H43N2O-. The number of nitrogens with one attached hydrogen (secondary N) is 2. The van der Waals surface area contributed by atoms with E-state index in [-0.39, 0.29) is 0 Å². The van der Waals surface area contributed by atoms with Crippen molar-refractivity contribution in [3.63, 3.8) is 0 Å². The lowest BCUT2D eigenvalue weighted by molar-refractivity contribution is 0.558. The van der Waals surface area contributed by atoms with E-state index in [1.54, 1.807) is 0 Å². The molecule has 0 fully saturated rings. The molecule has 0 aliphatic rings. The van der Waals surface area contributed by atoms with Gasteiger partial charge in [0.25, 0.3) is 0 Å². The minimum absolute atomic E-state index is 0.570. The van der Waals surface area contributed by atoms with Gasteiger partial charge < -0.3 is 16.0 Å². The summed E-state index contributed by atoms with van der Waals surface area (Å²) in [6.07, 6.45) is 24.7. The van der Waals surface area contributed by atoms with Crippen molar-refractivity contribution in [1.82, 2.24) is 10.8 Å². The van der Waals surface area contributed by atoms with E-state index in [1.807, 2.05) is 5.48 Å². The Bertz CT molecular complexity index is 244. The van der Waals surface area contributed by atoms with Crippen molar-refractivity contribution in [3.05, 3.63) is 17.4 Å². The average Bonchev–Trinajstić information content (AvgIpc) is 2.60. The Hall–Kier alpha value is -0.380. The highest BCUT2D eigenvalue weighted by Gasteiger charge is 1.92. The van der Waals surface area contributed by atoms with E-state index in [9.17, 15) is 5.21 Å². The van der Waals surface area contributed by atoms with Crippen LogP contribution in [0, 0.1) is 5.21 Å². The normalized spacial score (nSPS) is 11.6. The monoisotopic (exact) mass is 339 g/mol. The van der Waals surface area contributed by atoms with Crippen molar-refractivity contribution < 1.29 is 0 Å². The Morgan fingerprint density at radius 3 is 1.67 bits per heavy atom. The van der Waals surface area contributed by atoms with Gasteiger partial charge >= 0.3 is 0 Å². The van der Waals surface area contributed by atoms with Gasteiger partial charge in [0.15, 0.2) is 0 Å². The molecule has 0 atom stereocenters. The zero-order valence-electron chi connectivity index (χ0n) is 16.3. The first-order valence-electron chi connectivity index (χ1n) is 10.6. The van der Waals surface area contributed by atoms with E-state index in [0.717, 1.165) is 19.5 Å². The molecule has 0 aliphatic heterocycles. The lowest BCUT2D eigenvalue weighted by Crippen LogP contribution is -2.20. The number of hydrogen-bond donors (Lipinski definition) is 2. The van der Waals surface area contributed by atoms with Gasteiger partial charge in [0.1, 0.15) is 0 Å². The highest BCUT2D eigenvalue weighted by atomic mass is 16.5. The smallest absolute Gasteiger partial charge is 0.00371 e. The maximum absolute atomic E-state index is 10.0. The number of allylic oxidation sites excluding steroid dienone is 2. The van der Waals surface area contributed by atoms with Crippen molar-refractivity contribution in [2.75, 3.05) is 19.6 Å². The second kappa shape index (κ2) is 22.6. The second-order valence-electron chi connectivity index (χ2n) is 6.94. The minimum atomic E-state index is 0.570. The summed E-state index contributed by atoms with van der Waals surface area (Å²) in [4.78, 5) is 0. The molecule has 0 unspecified atom stereocenters. The zero-order valence-corrected chi connectivity index (χ0v) is 16.3. The van der Waals surface area contributed by atoms with Crippen LogP contribution in [0.1, 0.15) is 103 Å². The summed E-state index contributed by atoms with van der Waals surface area (Å²) < 4.78 is 0. The van der Waals surface area contributed by atoms with Crippen LogP contribution < -0.4 is 10.8 Å². The lowest BCUT2D eigenvalue weighted by Gasteiger charge is -2.07. The molecule has 3 heteroatoms. The van der Waals surface area contributed by atoms with Crippen LogP contribution in [0.25, 0.3) is 0 Å². The number of hydrogen-bond acceptors (Lipinski definition) is 3. The van der Waals surface area contributed by atoms with Crippen LogP contribution in [-0.2, 0) is 0 Å². The van der Waals surface area contributed by atoms with E-state index in [4.69, 9.17) is 0 Å². The molecule has 0 saturated heterocycles. The van der Waals surface area contributed by atoms with Crippen LogP contribution in [-0.4, -0.2) is 19.6 Å². The molecular weight excluding hydrogens is 296 g/mol. The predicted molar refractivity (Wildman–Crippen MR) is 108 cm³/mol. The molecule has 0 saturated carbocycles. The van der Waals surface area contributed by atoms with Gasteiger partial charge in [0, 0.05) is 0 Å². The van der Waals surface area contributed by atoms with Crippen molar-refractivity contribution >= 4 is 0 Å². The quantitative estimate of drug-likeness (QED) is 0.160. The third kappa shape index (κ3) is 21.6. The molecule has 0 bridgehead atoms. The molecule has 144 valence electrons. The van der Waals surface area contributed by atoms with Gasteiger partial charge in [-0.25, -0.2) is 0 Å². The van der Waals surface area contributed by atoms with Gasteiger partial charge in [0.05, 0.1) is 0 Å². The first-order chi connectivity index (χ1) is 11.9. The second-order valence-corrected chi connectivity index (χ2v) is 6.94. The molecule has 3 nitrogen and oxygen atoms in total. The molecule has 0 aromatic rings. The van der Waals surface area contributed by atoms with Crippen molar-refractivity contribution in [2.45, 2.75) is 103 Å². The summed E-state index contributed by atoms with van der Waals surface area (Å²) in [5.74, 6) is 0. The molecule has 24 heavy (non-hydrogen) atoms. The Morgan fingerprint density at radius 1 is 0.583 bits per heavy atom. The van der Waals surface area contributed by atoms with E-state index >= 15 is 0 Å². The van der Waals surface area contributed by atoms with E-state index in [2.05, 4.69) is 24.4 Å². The number of rotatable bonds is 20. The van der Waals surface area contributed by atoms with Crippen molar-refractivity contribution in [1.29, 1.82) is 0 Å². The van der Waals surface area contributed by atoms with Gasteiger partial charge in [-0.2, -0.15) is 0 Å². The van der Waals surface area contributed by atoms with Crippen LogP contribution in [0.15, 0.2) is 12.2 Å². The Labute approximate surface area is 151 Å². The summed E-state index contributed by atoms with van der Waals surface area (Å²) in [6, 6.07) is 0. The average molecular weight is 340 g/mol. The van der Waals surface area contributed by atoms with Gasteiger partial charge in [0.2, 0.25) is 0 Å². The number of hydroxylamine groups is 1. The Balaban J connectivity index is 3.03. The molecule has 2 N–H and O–H groups in total. The highest BCUT2D eigenvalue weighted by Crippen LogP contribution is 2.09. The molecule has 0 heterocycles. The van der Waals surface area contributed by atoms with E-state index in [1.165, 1.54) is 89.9 Å². The van der Waals surface area contributed by atoms with Gasteiger partial charge in [-0.3, -0.25) is 0 Å². The van der Waals surface area contributed by atoms with Gasteiger partial charge in [-0.15, -0.1) is 0 Å². The molecule has 0 radical (unpaired) electrons. The van der Waals surface area contributed by atoms with Crippen LogP contribution in [0.2, 0.25) is 0 Å². The summed E-state index contributed by atoms with van der Waals surface area (Å²) in [5, 5.41) is 13.4. The minimum Gasteiger partial charge on any atom is -0.788 e. The fourth-order valence-corrected chi connectivity index (χ4v) is 2.91. The first kappa shape index (κ1) is 23.6. The third-order valence-corrected chi connectivity index (χ3v) is 4.50. The SMILES string of the molecule is CCCCCCCC/C=C\CCCCCCCCNCCCN[O-]. The molecule has 0 amide bonds. The predicted octanol–water partition coefficient (Wildman–Crippen LogP) is 6.09. The maximum atomic E-state index is 10.0. The Kier molecular flexibility index (Phi) is 22.3. The fraction of sp³-hybridized carbons (Fsp3) is 0.905. The maximum Gasteiger partial charge on any atom is -0.00371 e. The Morgan fingerprint density at radius 2 is 1.08 bits per heavy atom. The van der Waals surface area contributed by atoms with E-state index in [0.29, 0.717) is 6.54 Å². The summed E-state index contributed by atoms with van der Waals surface area (Å²) in [6.45, 7) is 4.90. The fourth-order valence-electron chi connectivity index (χ4n) is 2.91. The standard InChI is InChI=1S/C21H43N2O/c1-2-3-4-5-6-7-8-9-10-11-12-13-14-15-16-17-19-22-20-18-21-23-24/h9-10,22-23H,2-8,11-21H2,1H3/q-1/b10-9-. The molecule has 0 aliphatic carbocycles. The molecule has 0 rings (SSSR count). The summed E-state index contributed by atoms with van der Waals surface area (Å²) >= 11 is 0. The van der Waals surface area contributed by atoms with Crippen LogP contribution in [0.5, 0.6) is 0 Å². The van der Waals surface area contributed by atoms with Crippen molar-refractivity contribution in [3.8, 4) is 0 Å². The largest absolute Gasteiger partial charge is 0.788 e. The third-order valence-electron chi connectivity index (χ3n) is 4.50. The molecule has 0 aromatic heterocycles. The van der Waals surface area contributed by atoms with Crippen LogP contribution in [0.4, 0.5) is 0 Å². The van der Waals surface area contributed by atoms with Crippen LogP contribution >= 0.6 is 0 Å². The summed E-state index contributed by atoms with van der Waals surface area (Å²) in [7, 11) is 0. The molecule has 0 spiro atoms. The van der Waals surface area contributed by atoms with Crippen LogP contribution in [0.3, 0.4) is 0 Å². The lowest BCUT2D eigenvalue weighted by atomic mass is 10.1. The first-order valence-corrected chi connectivity index (χ1v) is 10.6.